The number of hydrogen-bond acceptors (Lipinski definition) is 4. The monoisotopic (exact) mass is 354 g/mol. The van der Waals surface area contributed by atoms with Crippen molar-refractivity contribution in [3.63, 3.8) is 0 Å². The lowest BCUT2D eigenvalue weighted by molar-refractivity contribution is -0.186. The summed E-state index contributed by atoms with van der Waals surface area (Å²) in [5.74, 6) is 0.299. The van der Waals surface area contributed by atoms with Gasteiger partial charge in [0.15, 0.2) is 11.7 Å². The molecule has 0 aromatic carbocycles. The zero-order chi connectivity index (χ0) is 18.1. The number of hydrogen-bond donors (Lipinski definition) is 2. The zero-order valence-electron chi connectivity index (χ0n) is 16.0. The van der Waals surface area contributed by atoms with Gasteiger partial charge >= 0.3 is 0 Å². The van der Waals surface area contributed by atoms with Crippen LogP contribution in [0.25, 0.3) is 0 Å². The highest BCUT2D eigenvalue weighted by Crippen LogP contribution is 2.37. The van der Waals surface area contributed by atoms with Crippen molar-refractivity contribution in [2.75, 3.05) is 40.3 Å². The van der Waals surface area contributed by atoms with Gasteiger partial charge in [-0.05, 0) is 19.3 Å². The smallest absolute Gasteiger partial charge is 0.243 e. The first-order chi connectivity index (χ1) is 12.0. The maximum atomic E-state index is 11.8. The molecule has 2 N–H and O–H groups in total. The van der Waals surface area contributed by atoms with Gasteiger partial charge in [0, 0.05) is 40.0 Å². The predicted molar refractivity (Wildman–Crippen MR) is 98.6 cm³/mol. The highest BCUT2D eigenvalue weighted by molar-refractivity contribution is 5.84. The summed E-state index contributed by atoms with van der Waals surface area (Å²) in [5, 5.41) is 6.58. The maximum absolute atomic E-state index is 11.8. The Morgan fingerprint density at radius 2 is 2.00 bits per heavy atom. The van der Waals surface area contributed by atoms with Gasteiger partial charge in [-0.25, -0.2) is 4.99 Å². The molecule has 0 aromatic rings. The minimum absolute atomic E-state index is 0.0156. The van der Waals surface area contributed by atoms with Gasteiger partial charge in [-0.2, -0.15) is 0 Å². The fourth-order valence-electron chi connectivity index (χ4n) is 3.13. The highest BCUT2D eigenvalue weighted by atomic mass is 16.7. The van der Waals surface area contributed by atoms with E-state index in [1.54, 1.807) is 19.0 Å². The molecule has 144 valence electrons. The molecule has 1 saturated carbocycles. The first kappa shape index (κ1) is 20.0. The van der Waals surface area contributed by atoms with Crippen LogP contribution in [-0.4, -0.2) is 69.0 Å². The third kappa shape index (κ3) is 6.47. The van der Waals surface area contributed by atoms with Gasteiger partial charge in [0.25, 0.3) is 0 Å². The number of carbonyl (C=O) groups excluding carboxylic acids is 1. The number of amides is 1. The van der Waals surface area contributed by atoms with E-state index in [-0.39, 0.29) is 24.3 Å². The van der Waals surface area contributed by atoms with Crippen LogP contribution in [0.2, 0.25) is 0 Å². The number of nitrogens with one attached hydrogen (secondary N) is 2. The van der Waals surface area contributed by atoms with Crippen molar-refractivity contribution in [3.8, 4) is 0 Å². The lowest BCUT2D eigenvalue weighted by Crippen LogP contribution is -2.43. The number of aliphatic imine (C=N–C) groups is 1. The molecule has 2 fully saturated rings. The Morgan fingerprint density at radius 3 is 2.68 bits per heavy atom. The SMILES string of the molecule is CCCCNC(=NCC(=O)N(C)C)NCC1COC2(CCCCC2)O1. The molecule has 0 radical (unpaired) electrons. The van der Waals surface area contributed by atoms with Crippen LogP contribution in [0.3, 0.4) is 0 Å². The normalized spacial score (nSPS) is 22.8. The summed E-state index contributed by atoms with van der Waals surface area (Å²) in [4.78, 5) is 17.7. The molecule has 1 atom stereocenters. The number of unbranched alkanes of at least 4 members (excludes halogenated alkanes) is 1. The Labute approximate surface area is 151 Å². The highest BCUT2D eigenvalue weighted by Gasteiger charge is 2.42. The first-order valence-corrected chi connectivity index (χ1v) is 9.59. The molecule has 7 nitrogen and oxygen atoms in total. The molecule has 1 saturated heterocycles. The zero-order valence-corrected chi connectivity index (χ0v) is 16.0. The lowest BCUT2D eigenvalue weighted by atomic mass is 9.94. The standard InChI is InChI=1S/C18H34N4O3/c1-4-5-11-19-17(21-13-16(23)22(2)3)20-12-15-14-24-18(25-15)9-7-6-8-10-18/h15H,4-14H2,1-3H3,(H2,19,20,21). The van der Waals surface area contributed by atoms with Crippen LogP contribution in [0, 0.1) is 0 Å². The van der Waals surface area contributed by atoms with Crippen molar-refractivity contribution in [2.45, 2.75) is 63.8 Å². The largest absolute Gasteiger partial charge is 0.356 e. The Hall–Kier alpha value is -1.34. The van der Waals surface area contributed by atoms with Crippen molar-refractivity contribution in [2.24, 2.45) is 4.99 Å². The second kappa shape index (κ2) is 9.97. The number of ether oxygens (including phenoxy) is 2. The molecule has 2 rings (SSSR count). The summed E-state index contributed by atoms with van der Waals surface area (Å²) >= 11 is 0. The summed E-state index contributed by atoms with van der Waals surface area (Å²) in [5.41, 5.74) is 0. The minimum Gasteiger partial charge on any atom is -0.356 e. The minimum atomic E-state index is -0.349. The van der Waals surface area contributed by atoms with Gasteiger partial charge in [0.05, 0.1) is 6.61 Å². The van der Waals surface area contributed by atoms with Crippen LogP contribution in [0.5, 0.6) is 0 Å². The van der Waals surface area contributed by atoms with Crippen LogP contribution in [0.15, 0.2) is 4.99 Å². The third-order valence-electron chi connectivity index (χ3n) is 4.72. The van der Waals surface area contributed by atoms with Crippen molar-refractivity contribution >= 4 is 11.9 Å². The first-order valence-electron chi connectivity index (χ1n) is 9.59. The molecule has 1 spiro atoms. The summed E-state index contributed by atoms with van der Waals surface area (Å²) in [6.07, 6.45) is 7.83. The van der Waals surface area contributed by atoms with E-state index in [0.29, 0.717) is 19.1 Å². The van der Waals surface area contributed by atoms with Crippen LogP contribution in [0.1, 0.15) is 51.9 Å². The molecule has 1 aliphatic carbocycles. The van der Waals surface area contributed by atoms with Gasteiger partial charge in [0.2, 0.25) is 5.91 Å². The van der Waals surface area contributed by atoms with Gasteiger partial charge in [-0.1, -0.05) is 19.8 Å². The number of guanidine groups is 1. The number of likely N-dealkylation sites (N-methyl/N-ethyl adjacent to an activating group) is 1. The molecule has 0 bridgehead atoms. The lowest BCUT2D eigenvalue weighted by Gasteiger charge is -2.31. The van der Waals surface area contributed by atoms with Crippen molar-refractivity contribution in [1.29, 1.82) is 0 Å². The number of rotatable bonds is 7. The molecule has 1 heterocycles. The Kier molecular flexibility index (Phi) is 7.96. The van der Waals surface area contributed by atoms with E-state index in [9.17, 15) is 4.79 Å². The van der Waals surface area contributed by atoms with Gasteiger partial charge in [0.1, 0.15) is 12.6 Å². The molecule has 0 aromatic heterocycles. The quantitative estimate of drug-likeness (QED) is 0.412. The summed E-state index contributed by atoms with van der Waals surface area (Å²) < 4.78 is 12.2. The number of nitrogens with zero attached hydrogens (tertiary/aromatic N) is 2. The fourth-order valence-corrected chi connectivity index (χ4v) is 3.13. The molecular weight excluding hydrogens is 320 g/mol. The second-order valence-corrected chi connectivity index (χ2v) is 7.14. The van der Waals surface area contributed by atoms with E-state index in [2.05, 4.69) is 22.5 Å². The average Bonchev–Trinajstić information content (AvgIpc) is 2.99. The van der Waals surface area contributed by atoms with Crippen molar-refractivity contribution < 1.29 is 14.3 Å². The second-order valence-electron chi connectivity index (χ2n) is 7.14. The van der Waals surface area contributed by atoms with Crippen LogP contribution >= 0.6 is 0 Å². The predicted octanol–water partition coefficient (Wildman–Crippen LogP) is 1.49. The molecule has 25 heavy (non-hydrogen) atoms. The van der Waals surface area contributed by atoms with E-state index >= 15 is 0 Å². The average molecular weight is 354 g/mol. The van der Waals surface area contributed by atoms with Crippen molar-refractivity contribution in [1.82, 2.24) is 15.5 Å². The van der Waals surface area contributed by atoms with E-state index in [4.69, 9.17) is 9.47 Å². The van der Waals surface area contributed by atoms with E-state index in [0.717, 1.165) is 32.2 Å². The Balaban J connectivity index is 1.81. The van der Waals surface area contributed by atoms with Crippen LogP contribution < -0.4 is 10.6 Å². The fraction of sp³-hybridized carbons (Fsp3) is 0.889. The maximum Gasteiger partial charge on any atom is 0.243 e. The molecule has 1 aliphatic heterocycles. The van der Waals surface area contributed by atoms with E-state index in [1.165, 1.54) is 19.3 Å². The summed E-state index contributed by atoms with van der Waals surface area (Å²) in [6, 6.07) is 0. The van der Waals surface area contributed by atoms with Gasteiger partial charge in [-0.15, -0.1) is 0 Å². The molecule has 7 heteroatoms. The van der Waals surface area contributed by atoms with Gasteiger partial charge in [-0.3, -0.25) is 4.79 Å². The third-order valence-corrected chi connectivity index (χ3v) is 4.72. The molecule has 2 aliphatic rings. The Morgan fingerprint density at radius 1 is 1.24 bits per heavy atom. The molecule has 1 unspecified atom stereocenters. The van der Waals surface area contributed by atoms with E-state index < -0.39 is 0 Å². The topological polar surface area (TPSA) is 75.2 Å². The van der Waals surface area contributed by atoms with Crippen LogP contribution in [0.4, 0.5) is 0 Å². The van der Waals surface area contributed by atoms with E-state index in [1.807, 2.05) is 0 Å². The summed E-state index contributed by atoms with van der Waals surface area (Å²) in [7, 11) is 3.48. The molecular formula is C18H34N4O3. The summed E-state index contributed by atoms with van der Waals surface area (Å²) in [6.45, 7) is 4.38. The molecule has 1 amide bonds. The van der Waals surface area contributed by atoms with Crippen LogP contribution in [-0.2, 0) is 14.3 Å². The number of carbonyl (C=O) groups is 1. The van der Waals surface area contributed by atoms with Crippen molar-refractivity contribution in [3.05, 3.63) is 0 Å². The van der Waals surface area contributed by atoms with Gasteiger partial charge < -0.3 is 25.0 Å². The Bertz CT molecular complexity index is 448.